The van der Waals surface area contributed by atoms with Gasteiger partial charge in [-0.3, -0.25) is 9.59 Å². The standard InChI is InChI=1S/C16H30N2O3/c1-3-4-5-10-17-15(19)12(2)18-11-13-6-8-14(9-7-13)16(20)21/h12-14,18H,3-11H2,1-2H3,(H,17,19)(H,20,21). The Bertz CT molecular complexity index is 325. The predicted octanol–water partition coefficient (Wildman–Crippen LogP) is 2.16. The molecule has 1 saturated carbocycles. The summed E-state index contributed by atoms with van der Waals surface area (Å²) in [5, 5.41) is 15.2. The quantitative estimate of drug-likeness (QED) is 0.570. The lowest BCUT2D eigenvalue weighted by Gasteiger charge is -2.27. The summed E-state index contributed by atoms with van der Waals surface area (Å²) >= 11 is 0. The number of unbranched alkanes of at least 4 members (excludes halogenated alkanes) is 2. The molecule has 0 aromatic rings. The first-order valence-electron chi connectivity index (χ1n) is 8.28. The average molecular weight is 298 g/mol. The normalized spacial score (nSPS) is 23.5. The summed E-state index contributed by atoms with van der Waals surface area (Å²) in [6.45, 7) is 5.58. The summed E-state index contributed by atoms with van der Waals surface area (Å²) in [4.78, 5) is 22.8. The molecule has 1 rings (SSSR count). The lowest BCUT2D eigenvalue weighted by atomic mass is 9.82. The number of carboxylic acid groups (broad SMARTS) is 1. The maximum atomic E-state index is 11.9. The van der Waals surface area contributed by atoms with Crippen molar-refractivity contribution in [1.82, 2.24) is 10.6 Å². The number of amides is 1. The van der Waals surface area contributed by atoms with Crippen molar-refractivity contribution in [2.24, 2.45) is 11.8 Å². The number of nitrogens with one attached hydrogen (secondary N) is 2. The molecule has 0 aromatic heterocycles. The van der Waals surface area contributed by atoms with E-state index in [1.807, 2.05) is 6.92 Å². The van der Waals surface area contributed by atoms with Crippen LogP contribution in [0.15, 0.2) is 0 Å². The van der Waals surface area contributed by atoms with Crippen LogP contribution in [0.1, 0.15) is 58.8 Å². The molecule has 5 nitrogen and oxygen atoms in total. The van der Waals surface area contributed by atoms with E-state index in [1.54, 1.807) is 0 Å². The smallest absolute Gasteiger partial charge is 0.306 e. The van der Waals surface area contributed by atoms with Crippen molar-refractivity contribution in [3.8, 4) is 0 Å². The second-order valence-corrected chi connectivity index (χ2v) is 6.18. The number of carbonyl (C=O) groups is 2. The highest BCUT2D eigenvalue weighted by molar-refractivity contribution is 5.81. The number of hydrogen-bond acceptors (Lipinski definition) is 3. The molecule has 0 saturated heterocycles. The van der Waals surface area contributed by atoms with Crippen LogP contribution in [0.5, 0.6) is 0 Å². The first kappa shape index (κ1) is 18.0. The Morgan fingerprint density at radius 3 is 2.43 bits per heavy atom. The van der Waals surface area contributed by atoms with Gasteiger partial charge < -0.3 is 15.7 Å². The van der Waals surface area contributed by atoms with Gasteiger partial charge in [0.25, 0.3) is 0 Å². The van der Waals surface area contributed by atoms with Crippen LogP contribution < -0.4 is 10.6 Å². The molecule has 1 fully saturated rings. The monoisotopic (exact) mass is 298 g/mol. The zero-order valence-electron chi connectivity index (χ0n) is 13.4. The van der Waals surface area contributed by atoms with Gasteiger partial charge in [-0.2, -0.15) is 0 Å². The molecule has 1 unspecified atom stereocenters. The molecule has 0 bridgehead atoms. The van der Waals surface area contributed by atoms with Crippen LogP contribution >= 0.6 is 0 Å². The molecule has 0 aliphatic heterocycles. The van der Waals surface area contributed by atoms with Gasteiger partial charge in [-0.1, -0.05) is 19.8 Å². The number of rotatable bonds is 9. The molecule has 1 atom stereocenters. The molecular formula is C16H30N2O3. The summed E-state index contributed by atoms with van der Waals surface area (Å²) in [6, 6.07) is -0.177. The molecule has 21 heavy (non-hydrogen) atoms. The third kappa shape index (κ3) is 6.93. The number of aliphatic carboxylic acids is 1. The van der Waals surface area contributed by atoms with E-state index >= 15 is 0 Å². The largest absolute Gasteiger partial charge is 0.481 e. The minimum atomic E-state index is -0.666. The Balaban J connectivity index is 2.14. The van der Waals surface area contributed by atoms with Crippen LogP contribution in [-0.4, -0.2) is 36.1 Å². The highest BCUT2D eigenvalue weighted by Crippen LogP contribution is 2.28. The van der Waals surface area contributed by atoms with E-state index in [9.17, 15) is 9.59 Å². The van der Waals surface area contributed by atoms with Gasteiger partial charge >= 0.3 is 5.97 Å². The lowest BCUT2D eigenvalue weighted by Crippen LogP contribution is -2.44. The Kier molecular flexibility index (Phi) is 8.35. The second kappa shape index (κ2) is 9.77. The Hall–Kier alpha value is -1.10. The van der Waals surface area contributed by atoms with Crippen LogP contribution in [0.25, 0.3) is 0 Å². The molecule has 3 N–H and O–H groups in total. The Labute approximate surface area is 127 Å². The molecular weight excluding hydrogens is 268 g/mol. The van der Waals surface area contributed by atoms with Gasteiger partial charge in [0, 0.05) is 6.54 Å². The van der Waals surface area contributed by atoms with Crippen molar-refractivity contribution >= 4 is 11.9 Å². The number of carbonyl (C=O) groups excluding carboxylic acids is 1. The van der Waals surface area contributed by atoms with Gasteiger partial charge in [0.2, 0.25) is 5.91 Å². The fraction of sp³-hybridized carbons (Fsp3) is 0.875. The lowest BCUT2D eigenvalue weighted by molar-refractivity contribution is -0.143. The predicted molar refractivity (Wildman–Crippen MR) is 83.1 cm³/mol. The minimum absolute atomic E-state index is 0.0605. The third-order valence-corrected chi connectivity index (χ3v) is 4.38. The number of carboxylic acids is 1. The molecule has 5 heteroatoms. The Morgan fingerprint density at radius 2 is 1.86 bits per heavy atom. The fourth-order valence-corrected chi connectivity index (χ4v) is 2.79. The van der Waals surface area contributed by atoms with E-state index in [2.05, 4.69) is 17.6 Å². The summed E-state index contributed by atoms with van der Waals surface area (Å²) in [5.74, 6) is -0.275. The molecule has 0 aromatic carbocycles. The van der Waals surface area contributed by atoms with Crippen LogP contribution in [-0.2, 0) is 9.59 Å². The van der Waals surface area contributed by atoms with Gasteiger partial charge in [0.05, 0.1) is 12.0 Å². The van der Waals surface area contributed by atoms with Crippen LogP contribution in [0.2, 0.25) is 0 Å². The van der Waals surface area contributed by atoms with Crippen LogP contribution in [0.3, 0.4) is 0 Å². The summed E-state index contributed by atoms with van der Waals surface area (Å²) in [6.07, 6.45) is 6.74. The zero-order chi connectivity index (χ0) is 15.7. The maximum Gasteiger partial charge on any atom is 0.306 e. The summed E-state index contributed by atoms with van der Waals surface area (Å²) in [7, 11) is 0. The highest BCUT2D eigenvalue weighted by atomic mass is 16.4. The topological polar surface area (TPSA) is 78.4 Å². The summed E-state index contributed by atoms with van der Waals surface area (Å²) in [5.41, 5.74) is 0. The van der Waals surface area contributed by atoms with E-state index in [0.717, 1.165) is 58.0 Å². The van der Waals surface area contributed by atoms with E-state index in [1.165, 1.54) is 0 Å². The molecule has 0 spiro atoms. The first-order chi connectivity index (χ1) is 10.0. The van der Waals surface area contributed by atoms with Crippen molar-refractivity contribution in [3.63, 3.8) is 0 Å². The van der Waals surface area contributed by atoms with Gasteiger partial charge in [-0.15, -0.1) is 0 Å². The second-order valence-electron chi connectivity index (χ2n) is 6.18. The zero-order valence-corrected chi connectivity index (χ0v) is 13.4. The highest BCUT2D eigenvalue weighted by Gasteiger charge is 2.26. The molecule has 0 radical (unpaired) electrons. The summed E-state index contributed by atoms with van der Waals surface area (Å²) < 4.78 is 0. The van der Waals surface area contributed by atoms with E-state index in [4.69, 9.17) is 5.11 Å². The minimum Gasteiger partial charge on any atom is -0.481 e. The molecule has 1 aliphatic rings. The van der Waals surface area contributed by atoms with E-state index in [0.29, 0.717) is 5.92 Å². The van der Waals surface area contributed by atoms with Gasteiger partial charge in [0.1, 0.15) is 0 Å². The molecule has 1 aliphatic carbocycles. The average Bonchev–Trinajstić information content (AvgIpc) is 2.49. The molecule has 0 heterocycles. The van der Waals surface area contributed by atoms with Crippen molar-refractivity contribution in [2.75, 3.05) is 13.1 Å². The van der Waals surface area contributed by atoms with Crippen molar-refractivity contribution in [3.05, 3.63) is 0 Å². The van der Waals surface area contributed by atoms with Crippen molar-refractivity contribution < 1.29 is 14.7 Å². The van der Waals surface area contributed by atoms with Crippen molar-refractivity contribution in [1.29, 1.82) is 0 Å². The fourth-order valence-electron chi connectivity index (χ4n) is 2.79. The van der Waals surface area contributed by atoms with Gasteiger partial charge in [0.15, 0.2) is 0 Å². The number of hydrogen-bond donors (Lipinski definition) is 3. The van der Waals surface area contributed by atoms with Gasteiger partial charge in [-0.05, 0) is 51.5 Å². The molecule has 122 valence electrons. The van der Waals surface area contributed by atoms with Gasteiger partial charge in [-0.25, -0.2) is 0 Å². The third-order valence-electron chi connectivity index (χ3n) is 4.38. The maximum absolute atomic E-state index is 11.9. The SMILES string of the molecule is CCCCCNC(=O)C(C)NCC1CCC(C(=O)O)CC1. The van der Waals surface area contributed by atoms with Crippen LogP contribution in [0.4, 0.5) is 0 Å². The van der Waals surface area contributed by atoms with E-state index in [-0.39, 0.29) is 17.9 Å². The Morgan fingerprint density at radius 1 is 1.19 bits per heavy atom. The van der Waals surface area contributed by atoms with E-state index < -0.39 is 5.97 Å². The van der Waals surface area contributed by atoms with Crippen LogP contribution in [0, 0.1) is 11.8 Å². The first-order valence-corrected chi connectivity index (χ1v) is 8.28. The molecule has 1 amide bonds. The van der Waals surface area contributed by atoms with Crippen molar-refractivity contribution in [2.45, 2.75) is 64.8 Å².